The Morgan fingerprint density at radius 1 is 1.38 bits per heavy atom. The molecule has 0 bridgehead atoms. The molecule has 3 amide bonds. The molecule has 242 valence electrons. The number of nitrogens with one attached hydrogen (secondary N) is 1. The van der Waals surface area contributed by atoms with E-state index in [-0.39, 0.29) is 34.8 Å². The van der Waals surface area contributed by atoms with E-state index in [9.17, 15) is 34.2 Å². The largest absolute Gasteiger partial charge is 0.543 e. The van der Waals surface area contributed by atoms with Gasteiger partial charge in [-0.25, -0.2) is 4.79 Å². The minimum atomic E-state index is -1.82. The third-order valence-corrected chi connectivity index (χ3v) is 8.82. The van der Waals surface area contributed by atoms with Crippen LogP contribution in [-0.2, 0) is 42.4 Å². The average molecular weight is 666 g/mol. The zero-order valence-corrected chi connectivity index (χ0v) is 26.0. The first kappa shape index (κ1) is 33.1. The van der Waals surface area contributed by atoms with Crippen LogP contribution >= 0.6 is 23.3 Å². The molecule has 2 aliphatic heterocycles. The topological polar surface area (TPSA) is 281 Å². The summed E-state index contributed by atoms with van der Waals surface area (Å²) in [4.78, 5) is 73.3. The predicted molar refractivity (Wildman–Crippen MR) is 158 cm³/mol. The van der Waals surface area contributed by atoms with Gasteiger partial charge in [0, 0.05) is 29.4 Å². The van der Waals surface area contributed by atoms with E-state index < -0.39 is 46.5 Å². The summed E-state index contributed by atoms with van der Waals surface area (Å²) in [6, 6.07) is -1.18. The molecule has 0 aromatic carbocycles. The molecule has 0 spiro atoms. The van der Waals surface area contributed by atoms with Crippen LogP contribution in [0.25, 0.3) is 0 Å². The summed E-state index contributed by atoms with van der Waals surface area (Å²) in [5.74, 6) is -4.54. The quantitative estimate of drug-likeness (QED) is 0.0427. The van der Waals surface area contributed by atoms with Gasteiger partial charge in [-0.15, -0.1) is 21.1 Å². The average Bonchev–Trinajstić information content (AvgIpc) is 3.54. The van der Waals surface area contributed by atoms with Crippen molar-refractivity contribution in [2.24, 2.45) is 17.9 Å². The van der Waals surface area contributed by atoms with Crippen molar-refractivity contribution in [2.45, 2.75) is 43.8 Å². The number of nitrogens with zero attached hydrogens (tertiary/aromatic N) is 7. The van der Waals surface area contributed by atoms with Crippen LogP contribution in [0.1, 0.15) is 26.1 Å². The van der Waals surface area contributed by atoms with Gasteiger partial charge in [0.1, 0.15) is 11.4 Å². The summed E-state index contributed by atoms with van der Waals surface area (Å²) in [5, 5.41) is 26.9. The third-order valence-electron chi connectivity index (χ3n) is 6.94. The van der Waals surface area contributed by atoms with Crippen molar-refractivity contribution in [1.29, 1.82) is 0 Å². The van der Waals surface area contributed by atoms with Gasteiger partial charge in [0.2, 0.25) is 29.7 Å². The number of hydrogen-bond acceptors (Lipinski definition) is 15. The van der Waals surface area contributed by atoms with Crippen molar-refractivity contribution in [2.75, 3.05) is 35.2 Å². The lowest BCUT2D eigenvalue weighted by Gasteiger charge is -2.50. The fourth-order valence-corrected chi connectivity index (χ4v) is 6.14. The number of carboxylic acids is 2. The molecule has 2 atom stereocenters. The van der Waals surface area contributed by atoms with E-state index in [4.69, 9.17) is 22.0 Å². The molecule has 2 aromatic heterocycles. The number of anilines is 3. The first-order valence-corrected chi connectivity index (χ1v) is 15.1. The molecule has 2 aliphatic rings. The Bertz CT molecular complexity index is 1600. The smallest absolute Gasteiger partial charge is 0.350 e. The second-order valence-corrected chi connectivity index (χ2v) is 12.3. The monoisotopic (exact) mass is 665 g/mol. The van der Waals surface area contributed by atoms with E-state index in [1.165, 1.54) is 30.5 Å². The number of β-lactam (4-membered cyclic amide) rings is 1. The number of hydrogen-bond donors (Lipinski definition) is 5. The van der Waals surface area contributed by atoms with E-state index in [1.807, 2.05) is 0 Å². The Morgan fingerprint density at radius 2 is 2.09 bits per heavy atom. The minimum Gasteiger partial charge on any atom is -0.543 e. The second-order valence-electron chi connectivity index (χ2n) is 10.4. The summed E-state index contributed by atoms with van der Waals surface area (Å²) in [5.41, 5.74) is 15.4. The van der Waals surface area contributed by atoms with Crippen LogP contribution in [0.15, 0.2) is 22.6 Å². The Morgan fingerprint density at radius 3 is 2.67 bits per heavy atom. The van der Waals surface area contributed by atoms with Crippen LogP contribution in [0.3, 0.4) is 0 Å². The molecule has 19 nitrogen and oxygen atoms in total. The predicted octanol–water partition coefficient (Wildman–Crippen LogP) is -3.67. The summed E-state index contributed by atoms with van der Waals surface area (Å²) in [7, 11) is 1.63. The van der Waals surface area contributed by atoms with Crippen LogP contribution in [0, 0.1) is 0 Å². The van der Waals surface area contributed by atoms with Crippen molar-refractivity contribution >= 4 is 75.8 Å². The Kier molecular flexibility index (Phi) is 9.63. The Balaban J connectivity index is 1.56. The minimum absolute atomic E-state index is 0.00144. The number of fused-ring (bicyclic) bond motifs is 1. The Labute approximate surface area is 263 Å². The molecule has 4 rings (SSSR count). The van der Waals surface area contributed by atoms with E-state index in [0.717, 1.165) is 16.4 Å². The highest BCUT2D eigenvalue weighted by molar-refractivity contribution is 8.00. The lowest BCUT2D eigenvalue weighted by Crippen LogP contribution is -2.71. The first-order chi connectivity index (χ1) is 21.2. The molecule has 45 heavy (non-hydrogen) atoms. The van der Waals surface area contributed by atoms with Gasteiger partial charge in [0.15, 0.2) is 23.2 Å². The zero-order valence-electron chi connectivity index (χ0n) is 24.3. The van der Waals surface area contributed by atoms with Crippen molar-refractivity contribution in [3.63, 3.8) is 0 Å². The number of nitrogen functional groups attached to an aromatic ring is 2. The molecule has 8 N–H and O–H groups in total. The fraction of sp³-hybridized carbons (Fsp3) is 0.458. The molecule has 1 saturated heterocycles. The van der Waals surface area contributed by atoms with Crippen molar-refractivity contribution in [1.82, 2.24) is 24.3 Å². The molecule has 0 unspecified atom stereocenters. The van der Waals surface area contributed by atoms with E-state index in [0.29, 0.717) is 37.2 Å². The summed E-state index contributed by atoms with van der Waals surface area (Å²) in [6.45, 7) is 3.10. The van der Waals surface area contributed by atoms with E-state index in [1.54, 1.807) is 22.6 Å². The van der Waals surface area contributed by atoms with Crippen LogP contribution < -0.4 is 37.2 Å². The molecule has 0 aliphatic carbocycles. The van der Waals surface area contributed by atoms with Gasteiger partial charge in [0.05, 0.1) is 18.7 Å². The SMILES string of the molecule is Cn1c(N)c(N(C=O)CCCN)c[n+]1CC1=C(C(=O)[O-])N2C(=O)[C@@H](NC(=O)/C(=N\OC(C)(C)C(=O)O)c3nsc(N)n3)[C@H]2SC1. The first-order valence-electron chi connectivity index (χ1n) is 13.3. The fourth-order valence-electron chi connectivity index (χ4n) is 4.38. The summed E-state index contributed by atoms with van der Waals surface area (Å²) in [6.07, 6.45) is 2.75. The second kappa shape index (κ2) is 13.1. The maximum absolute atomic E-state index is 13.3. The molecule has 2 aromatic rings. The number of aromatic nitrogens is 4. The normalized spacial score (nSPS) is 18.3. The van der Waals surface area contributed by atoms with E-state index in [2.05, 4.69) is 19.8 Å². The number of nitrogens with two attached hydrogens (primary N) is 3. The number of carbonyl (C=O) groups is 5. The molecule has 21 heteroatoms. The standard InChI is InChI=1S/C24H31N11O8S2/c1-24(2,22(41)42)43-30-13(17-29-23(27)45-31-17)18(37)28-14-19(38)35-15(21(39)40)11(9-44-20(14)35)7-34-8-12(16(26)32(34)3)33(10-36)6-4-5-25/h8,10,14,20,26H,4-7,9,25H2,1-3H3,(H5,27,28,29,31,37,39,40,41,42)/b30-13-/t14-,20-/m1/s1. The van der Waals surface area contributed by atoms with Gasteiger partial charge in [0.25, 0.3) is 11.8 Å². The number of aliphatic carboxylic acids is 2. The van der Waals surface area contributed by atoms with E-state index >= 15 is 0 Å². The number of thioether (sulfide) groups is 1. The highest BCUT2D eigenvalue weighted by Gasteiger charge is 2.53. The van der Waals surface area contributed by atoms with Gasteiger partial charge in [-0.3, -0.25) is 19.3 Å². The van der Waals surface area contributed by atoms with Crippen LogP contribution in [0.5, 0.6) is 0 Å². The number of amides is 3. The summed E-state index contributed by atoms with van der Waals surface area (Å²) < 4.78 is 7.06. The molecular formula is C24H31N11O8S2. The Hall–Kier alpha value is -4.76. The van der Waals surface area contributed by atoms with Crippen molar-refractivity contribution in [3.8, 4) is 0 Å². The highest BCUT2D eigenvalue weighted by atomic mass is 32.2. The van der Waals surface area contributed by atoms with Gasteiger partial charge < -0.3 is 47.3 Å². The van der Waals surface area contributed by atoms with Crippen LogP contribution in [0.2, 0.25) is 0 Å². The molecule has 4 heterocycles. The van der Waals surface area contributed by atoms with Crippen LogP contribution in [0.4, 0.5) is 16.6 Å². The van der Waals surface area contributed by atoms with Gasteiger partial charge in [-0.2, -0.15) is 9.36 Å². The van der Waals surface area contributed by atoms with Crippen molar-refractivity contribution < 1.29 is 43.7 Å². The molecule has 0 saturated carbocycles. The maximum atomic E-state index is 13.3. The maximum Gasteiger partial charge on any atom is 0.350 e. The number of carbonyl (C=O) groups excluding carboxylic acids is 4. The van der Waals surface area contributed by atoms with Crippen molar-refractivity contribution in [3.05, 3.63) is 23.3 Å². The summed E-state index contributed by atoms with van der Waals surface area (Å²) >= 11 is 1.95. The molecule has 1 fully saturated rings. The number of oxime groups is 1. The molecule has 0 radical (unpaired) electrons. The third kappa shape index (κ3) is 6.54. The number of rotatable bonds is 14. The lowest BCUT2D eigenvalue weighted by molar-refractivity contribution is -0.765. The van der Waals surface area contributed by atoms with Gasteiger partial charge in [-0.1, -0.05) is 5.16 Å². The van der Waals surface area contributed by atoms with Gasteiger partial charge >= 0.3 is 5.97 Å². The van der Waals surface area contributed by atoms with Gasteiger partial charge in [-0.05, 0) is 26.8 Å². The molecular weight excluding hydrogens is 634 g/mol. The van der Waals surface area contributed by atoms with Crippen LogP contribution in [-0.4, -0.2) is 95.8 Å². The lowest BCUT2D eigenvalue weighted by atomic mass is 10.0. The highest BCUT2D eigenvalue weighted by Crippen LogP contribution is 2.40. The zero-order chi connectivity index (χ0) is 33.2. The number of carboxylic acid groups (broad SMARTS) is 2.